The van der Waals surface area contributed by atoms with E-state index in [1.165, 1.54) is 22.3 Å². The van der Waals surface area contributed by atoms with Gasteiger partial charge in [-0.1, -0.05) is 18.2 Å². The number of carbonyl (C=O) groups excluding carboxylic acids is 1. The van der Waals surface area contributed by atoms with E-state index in [0.29, 0.717) is 6.42 Å². The summed E-state index contributed by atoms with van der Waals surface area (Å²) in [7, 11) is 1.67. The maximum absolute atomic E-state index is 12.4. The summed E-state index contributed by atoms with van der Waals surface area (Å²) >= 11 is 0. The fourth-order valence-electron chi connectivity index (χ4n) is 3.43. The highest BCUT2D eigenvalue weighted by molar-refractivity contribution is 6.03. The van der Waals surface area contributed by atoms with E-state index in [-0.39, 0.29) is 11.7 Å². The van der Waals surface area contributed by atoms with Gasteiger partial charge in [-0.3, -0.25) is 4.79 Å². The number of carbonyl (C=O) groups is 1. The van der Waals surface area contributed by atoms with Crippen molar-refractivity contribution in [2.75, 3.05) is 7.11 Å². The molecule has 0 bridgehead atoms. The number of fused-ring (bicyclic) bond motifs is 1. The third-order valence-electron chi connectivity index (χ3n) is 4.63. The average molecular weight is 280 g/mol. The lowest BCUT2D eigenvalue weighted by Gasteiger charge is -2.17. The van der Waals surface area contributed by atoms with Crippen LogP contribution in [-0.4, -0.2) is 12.9 Å². The molecule has 1 unspecified atom stereocenters. The molecule has 0 heterocycles. The second kappa shape index (κ2) is 5.03. The van der Waals surface area contributed by atoms with Gasteiger partial charge in [-0.05, 0) is 60.7 Å². The number of hydrogen-bond acceptors (Lipinski definition) is 2. The maximum atomic E-state index is 12.4. The van der Waals surface area contributed by atoms with Gasteiger partial charge in [0.2, 0.25) is 0 Å². The Bertz CT molecular complexity index is 711. The lowest BCUT2D eigenvalue weighted by Crippen LogP contribution is -2.01. The van der Waals surface area contributed by atoms with E-state index >= 15 is 0 Å². The van der Waals surface area contributed by atoms with Crippen LogP contribution >= 0.6 is 0 Å². The molecule has 2 nitrogen and oxygen atoms in total. The van der Waals surface area contributed by atoms with Crippen LogP contribution in [0.2, 0.25) is 0 Å². The fraction of sp³-hybridized carbons (Fsp3) is 0.316. The minimum absolute atomic E-state index is 0.178. The molecular weight excluding hydrogens is 260 g/mol. The number of methoxy groups -OCH3 is 1. The predicted octanol–water partition coefficient (Wildman–Crippen LogP) is 4.34. The quantitative estimate of drug-likeness (QED) is 0.818. The standard InChI is InChI=1S/C19H20O2/c1-11-9-12(2)18-17(20)10-16(19(18)13(11)3)14-5-7-15(21-4)8-6-14/h5-9,16H,10H2,1-4H3. The maximum Gasteiger partial charge on any atom is 0.164 e. The summed E-state index contributed by atoms with van der Waals surface area (Å²) in [6.45, 7) is 6.29. The van der Waals surface area contributed by atoms with E-state index in [0.717, 1.165) is 16.9 Å². The Morgan fingerprint density at radius 2 is 1.71 bits per heavy atom. The minimum Gasteiger partial charge on any atom is -0.497 e. The summed E-state index contributed by atoms with van der Waals surface area (Å²) in [5.74, 6) is 1.30. The third kappa shape index (κ3) is 2.15. The van der Waals surface area contributed by atoms with Gasteiger partial charge in [0.1, 0.15) is 5.75 Å². The van der Waals surface area contributed by atoms with Crippen LogP contribution < -0.4 is 4.74 Å². The molecule has 1 aliphatic rings. The van der Waals surface area contributed by atoms with Crippen molar-refractivity contribution >= 4 is 5.78 Å². The minimum atomic E-state index is 0.178. The highest BCUT2D eigenvalue weighted by Crippen LogP contribution is 2.42. The lowest BCUT2D eigenvalue weighted by atomic mass is 9.87. The molecule has 0 fully saturated rings. The normalized spacial score (nSPS) is 17.0. The van der Waals surface area contributed by atoms with E-state index < -0.39 is 0 Å². The highest BCUT2D eigenvalue weighted by Gasteiger charge is 2.33. The first kappa shape index (κ1) is 13.9. The van der Waals surface area contributed by atoms with Crippen LogP contribution in [0.5, 0.6) is 5.75 Å². The van der Waals surface area contributed by atoms with Gasteiger partial charge in [0.05, 0.1) is 7.11 Å². The number of ether oxygens (including phenoxy) is 1. The van der Waals surface area contributed by atoms with Crippen LogP contribution in [0.15, 0.2) is 30.3 Å². The zero-order chi connectivity index (χ0) is 15.1. The van der Waals surface area contributed by atoms with Gasteiger partial charge >= 0.3 is 0 Å². The number of aryl methyl sites for hydroxylation is 2. The van der Waals surface area contributed by atoms with Crippen LogP contribution in [0.4, 0.5) is 0 Å². The first-order chi connectivity index (χ1) is 10.0. The second-order valence-corrected chi connectivity index (χ2v) is 5.88. The van der Waals surface area contributed by atoms with Crippen molar-refractivity contribution in [3.8, 4) is 5.75 Å². The van der Waals surface area contributed by atoms with Crippen LogP contribution in [0.1, 0.15) is 50.5 Å². The Balaban J connectivity index is 2.14. The van der Waals surface area contributed by atoms with Crippen molar-refractivity contribution in [3.05, 3.63) is 63.7 Å². The molecule has 0 aliphatic heterocycles. The van der Waals surface area contributed by atoms with E-state index in [1.54, 1.807) is 7.11 Å². The average Bonchev–Trinajstić information content (AvgIpc) is 2.83. The summed E-state index contributed by atoms with van der Waals surface area (Å²) in [6, 6.07) is 10.2. The number of rotatable bonds is 2. The molecule has 1 aliphatic carbocycles. The Hall–Kier alpha value is -2.09. The monoisotopic (exact) mass is 280 g/mol. The van der Waals surface area contributed by atoms with Crippen molar-refractivity contribution in [1.29, 1.82) is 0 Å². The smallest absolute Gasteiger partial charge is 0.164 e. The molecule has 0 aromatic heterocycles. The summed E-state index contributed by atoms with van der Waals surface area (Å²) in [5.41, 5.74) is 6.98. The fourth-order valence-corrected chi connectivity index (χ4v) is 3.43. The lowest BCUT2D eigenvalue weighted by molar-refractivity contribution is 0.0991. The zero-order valence-electron chi connectivity index (χ0n) is 13.0. The van der Waals surface area contributed by atoms with E-state index in [1.807, 2.05) is 19.1 Å². The molecule has 0 saturated heterocycles. The molecule has 0 radical (unpaired) electrons. The Morgan fingerprint density at radius 3 is 2.33 bits per heavy atom. The van der Waals surface area contributed by atoms with E-state index in [9.17, 15) is 4.79 Å². The zero-order valence-corrected chi connectivity index (χ0v) is 13.0. The van der Waals surface area contributed by atoms with Gasteiger partial charge in [-0.2, -0.15) is 0 Å². The Morgan fingerprint density at radius 1 is 1.05 bits per heavy atom. The molecule has 0 N–H and O–H groups in total. The molecule has 0 amide bonds. The second-order valence-electron chi connectivity index (χ2n) is 5.88. The topological polar surface area (TPSA) is 26.3 Å². The molecule has 21 heavy (non-hydrogen) atoms. The summed E-state index contributed by atoms with van der Waals surface area (Å²) < 4.78 is 5.22. The number of hydrogen-bond donors (Lipinski definition) is 0. The van der Waals surface area contributed by atoms with Gasteiger partial charge in [0, 0.05) is 17.9 Å². The summed E-state index contributed by atoms with van der Waals surface area (Å²) in [6.07, 6.45) is 0.576. The third-order valence-corrected chi connectivity index (χ3v) is 4.63. The molecule has 2 aromatic rings. The number of Topliss-reactive ketones (excluding diaryl/α,β-unsaturated/α-hetero) is 1. The van der Waals surface area contributed by atoms with Crippen molar-refractivity contribution < 1.29 is 9.53 Å². The number of ketones is 1. The molecule has 1 atom stereocenters. The van der Waals surface area contributed by atoms with Crippen LogP contribution in [0.3, 0.4) is 0 Å². The van der Waals surface area contributed by atoms with Crippen LogP contribution in [0, 0.1) is 20.8 Å². The Kier molecular flexibility index (Phi) is 3.32. The Labute approximate surface area is 125 Å². The number of benzene rings is 2. The molecule has 0 spiro atoms. The predicted molar refractivity (Wildman–Crippen MR) is 84.4 cm³/mol. The molecule has 0 saturated carbocycles. The molecule has 2 aromatic carbocycles. The van der Waals surface area contributed by atoms with Crippen LogP contribution in [-0.2, 0) is 0 Å². The summed E-state index contributed by atoms with van der Waals surface area (Å²) in [4.78, 5) is 12.4. The molecule has 3 rings (SSSR count). The van der Waals surface area contributed by atoms with Gasteiger partial charge < -0.3 is 4.74 Å². The van der Waals surface area contributed by atoms with Crippen molar-refractivity contribution in [2.24, 2.45) is 0 Å². The van der Waals surface area contributed by atoms with E-state index in [4.69, 9.17) is 4.74 Å². The van der Waals surface area contributed by atoms with Gasteiger partial charge in [0.15, 0.2) is 5.78 Å². The van der Waals surface area contributed by atoms with Gasteiger partial charge in [0.25, 0.3) is 0 Å². The highest BCUT2D eigenvalue weighted by atomic mass is 16.5. The molecule has 2 heteroatoms. The van der Waals surface area contributed by atoms with Crippen molar-refractivity contribution in [2.45, 2.75) is 33.1 Å². The van der Waals surface area contributed by atoms with E-state index in [2.05, 4.69) is 32.0 Å². The first-order valence-electron chi connectivity index (χ1n) is 7.30. The SMILES string of the molecule is COc1ccc(C2CC(=O)c3c(C)cc(C)c(C)c32)cc1. The molecule has 108 valence electrons. The summed E-state index contributed by atoms with van der Waals surface area (Å²) in [5, 5.41) is 0. The first-order valence-corrected chi connectivity index (χ1v) is 7.30. The van der Waals surface area contributed by atoms with Gasteiger partial charge in [-0.25, -0.2) is 0 Å². The largest absolute Gasteiger partial charge is 0.497 e. The molecular formula is C19H20O2. The van der Waals surface area contributed by atoms with Crippen LogP contribution in [0.25, 0.3) is 0 Å². The van der Waals surface area contributed by atoms with Gasteiger partial charge in [-0.15, -0.1) is 0 Å². The van der Waals surface area contributed by atoms with Crippen molar-refractivity contribution in [1.82, 2.24) is 0 Å². The van der Waals surface area contributed by atoms with Crippen molar-refractivity contribution in [3.63, 3.8) is 0 Å².